The first-order valence-electron chi connectivity index (χ1n) is 11.3. The third-order valence-electron chi connectivity index (χ3n) is 6.21. The van der Waals surface area contributed by atoms with E-state index in [4.69, 9.17) is 4.74 Å². The Bertz CT molecular complexity index is 887. The predicted molar refractivity (Wildman–Crippen MR) is 139 cm³/mol. The van der Waals surface area contributed by atoms with Crippen LogP contribution in [0.15, 0.2) is 53.5 Å². The number of hydrogen-bond acceptors (Lipinski definition) is 3. The van der Waals surface area contributed by atoms with Gasteiger partial charge >= 0.3 is 0 Å². The maximum atomic E-state index is 14.0. The number of nitrogens with one attached hydrogen (secondary N) is 2. The zero-order valence-corrected chi connectivity index (χ0v) is 21.2. The SMILES string of the molecule is CCN=C(NC1CCN(Cc2ccc(OC)c(F)c2)CC1)NC1CC1c1ccccc1.I. The van der Waals surface area contributed by atoms with Gasteiger partial charge in [0.25, 0.3) is 0 Å². The Morgan fingerprint density at radius 1 is 1.12 bits per heavy atom. The standard InChI is InChI=1S/C25H33FN4O.HI/c1-3-27-25(29-23-16-21(23)19-7-5-4-6-8-19)28-20-11-13-30(14-12-20)17-18-9-10-24(31-2)22(26)15-18;/h4-10,15,20-21,23H,3,11-14,16-17H2,1-2H3,(H2,27,28,29);1H. The molecular formula is C25H34FIN4O. The Labute approximate surface area is 207 Å². The van der Waals surface area contributed by atoms with Crippen molar-refractivity contribution in [2.75, 3.05) is 26.7 Å². The van der Waals surface area contributed by atoms with Gasteiger partial charge in [-0.3, -0.25) is 9.89 Å². The number of nitrogens with zero attached hydrogens (tertiary/aromatic N) is 2. The largest absolute Gasteiger partial charge is 0.494 e. The highest BCUT2D eigenvalue weighted by Crippen LogP contribution is 2.40. The second kappa shape index (κ2) is 11.8. The van der Waals surface area contributed by atoms with E-state index >= 15 is 0 Å². The molecule has 174 valence electrons. The fourth-order valence-electron chi connectivity index (χ4n) is 4.39. The van der Waals surface area contributed by atoms with Crippen LogP contribution in [0, 0.1) is 5.82 Å². The molecule has 2 aliphatic rings. The average Bonchev–Trinajstić information content (AvgIpc) is 3.55. The fourth-order valence-corrected chi connectivity index (χ4v) is 4.39. The van der Waals surface area contributed by atoms with Crippen LogP contribution in [0.5, 0.6) is 5.75 Å². The summed E-state index contributed by atoms with van der Waals surface area (Å²) in [5.41, 5.74) is 2.39. The fraction of sp³-hybridized carbons (Fsp3) is 0.480. The molecule has 0 spiro atoms. The van der Waals surface area contributed by atoms with Gasteiger partial charge in [-0.1, -0.05) is 36.4 Å². The van der Waals surface area contributed by atoms with Crippen molar-refractivity contribution in [3.63, 3.8) is 0 Å². The van der Waals surface area contributed by atoms with E-state index in [1.807, 2.05) is 6.07 Å². The molecule has 32 heavy (non-hydrogen) atoms. The zero-order chi connectivity index (χ0) is 21.6. The molecule has 1 saturated heterocycles. The third kappa shape index (κ3) is 6.57. The first-order chi connectivity index (χ1) is 15.2. The van der Waals surface area contributed by atoms with E-state index in [2.05, 4.69) is 57.8 Å². The lowest BCUT2D eigenvalue weighted by molar-refractivity contribution is 0.198. The van der Waals surface area contributed by atoms with Crippen molar-refractivity contribution in [2.45, 2.75) is 50.7 Å². The summed E-state index contributed by atoms with van der Waals surface area (Å²) in [5, 5.41) is 7.27. The van der Waals surface area contributed by atoms with E-state index in [0.717, 1.165) is 57.0 Å². The second-order valence-corrected chi connectivity index (χ2v) is 8.49. The van der Waals surface area contributed by atoms with E-state index in [1.54, 1.807) is 12.1 Å². The lowest BCUT2D eigenvalue weighted by Gasteiger charge is -2.33. The van der Waals surface area contributed by atoms with Gasteiger partial charge in [-0.15, -0.1) is 24.0 Å². The maximum Gasteiger partial charge on any atom is 0.191 e. The highest BCUT2D eigenvalue weighted by molar-refractivity contribution is 14.0. The van der Waals surface area contributed by atoms with Gasteiger partial charge in [0.15, 0.2) is 17.5 Å². The van der Waals surface area contributed by atoms with Crippen LogP contribution in [-0.4, -0.2) is 49.7 Å². The summed E-state index contributed by atoms with van der Waals surface area (Å²) in [6, 6.07) is 16.8. The van der Waals surface area contributed by atoms with Crippen molar-refractivity contribution in [2.24, 2.45) is 4.99 Å². The first-order valence-corrected chi connectivity index (χ1v) is 11.3. The van der Waals surface area contributed by atoms with Crippen LogP contribution in [0.2, 0.25) is 0 Å². The highest BCUT2D eigenvalue weighted by Gasteiger charge is 2.39. The molecule has 2 aromatic rings. The van der Waals surface area contributed by atoms with Crippen LogP contribution < -0.4 is 15.4 Å². The summed E-state index contributed by atoms with van der Waals surface area (Å²) in [5.74, 6) is 1.52. The molecule has 5 nitrogen and oxygen atoms in total. The molecule has 0 radical (unpaired) electrons. The van der Waals surface area contributed by atoms with E-state index in [1.165, 1.54) is 12.7 Å². The smallest absolute Gasteiger partial charge is 0.191 e. The Morgan fingerprint density at radius 3 is 2.53 bits per heavy atom. The number of likely N-dealkylation sites (tertiary alicyclic amines) is 1. The van der Waals surface area contributed by atoms with Crippen LogP contribution >= 0.6 is 24.0 Å². The van der Waals surface area contributed by atoms with Gasteiger partial charge in [-0.2, -0.15) is 0 Å². The molecule has 2 fully saturated rings. The summed E-state index contributed by atoms with van der Waals surface area (Å²) in [7, 11) is 1.49. The molecule has 1 aliphatic heterocycles. The molecule has 4 rings (SSSR count). The number of aliphatic imine (C=N–C) groups is 1. The van der Waals surface area contributed by atoms with Gasteiger partial charge in [0.1, 0.15) is 0 Å². The van der Waals surface area contributed by atoms with Crippen molar-refractivity contribution in [1.82, 2.24) is 15.5 Å². The van der Waals surface area contributed by atoms with Crippen molar-refractivity contribution in [1.29, 1.82) is 0 Å². The van der Waals surface area contributed by atoms with Crippen molar-refractivity contribution in [3.05, 3.63) is 65.5 Å². The number of ether oxygens (including phenoxy) is 1. The first kappa shape index (κ1) is 24.8. The monoisotopic (exact) mass is 552 g/mol. The lowest BCUT2D eigenvalue weighted by atomic mass is 10.0. The quantitative estimate of drug-likeness (QED) is 0.301. The Balaban J connectivity index is 0.00000289. The topological polar surface area (TPSA) is 48.9 Å². The summed E-state index contributed by atoms with van der Waals surface area (Å²) >= 11 is 0. The van der Waals surface area contributed by atoms with Crippen LogP contribution in [0.4, 0.5) is 4.39 Å². The molecule has 2 atom stereocenters. The Hall–Kier alpha value is -1.87. The van der Waals surface area contributed by atoms with Crippen molar-refractivity contribution >= 4 is 29.9 Å². The van der Waals surface area contributed by atoms with Crippen molar-refractivity contribution < 1.29 is 9.13 Å². The third-order valence-corrected chi connectivity index (χ3v) is 6.21. The van der Waals surface area contributed by atoms with E-state index in [0.29, 0.717) is 23.8 Å². The zero-order valence-electron chi connectivity index (χ0n) is 18.9. The Morgan fingerprint density at radius 2 is 1.88 bits per heavy atom. The van der Waals surface area contributed by atoms with E-state index < -0.39 is 0 Å². The van der Waals surface area contributed by atoms with Crippen LogP contribution in [-0.2, 0) is 6.54 Å². The molecule has 2 N–H and O–H groups in total. The van der Waals surface area contributed by atoms with Crippen LogP contribution in [0.1, 0.15) is 43.2 Å². The summed E-state index contributed by atoms with van der Waals surface area (Å²) in [6.45, 7) is 5.58. The maximum absolute atomic E-state index is 14.0. The number of guanidine groups is 1. The number of methoxy groups -OCH3 is 1. The number of halogens is 2. The van der Waals surface area contributed by atoms with E-state index in [-0.39, 0.29) is 29.8 Å². The predicted octanol–water partition coefficient (Wildman–Crippen LogP) is 4.53. The van der Waals surface area contributed by atoms with Gasteiger partial charge in [0.2, 0.25) is 0 Å². The molecule has 1 saturated carbocycles. The highest BCUT2D eigenvalue weighted by atomic mass is 127. The molecule has 0 bridgehead atoms. The van der Waals surface area contributed by atoms with Crippen LogP contribution in [0.25, 0.3) is 0 Å². The van der Waals surface area contributed by atoms with E-state index in [9.17, 15) is 4.39 Å². The van der Waals surface area contributed by atoms with Gasteiger partial charge in [0.05, 0.1) is 7.11 Å². The number of rotatable bonds is 7. The van der Waals surface area contributed by atoms with Gasteiger partial charge in [0, 0.05) is 44.2 Å². The molecule has 0 aromatic heterocycles. The summed E-state index contributed by atoms with van der Waals surface area (Å²) in [6.07, 6.45) is 3.26. The lowest BCUT2D eigenvalue weighted by Crippen LogP contribution is -2.49. The molecule has 1 aliphatic carbocycles. The molecule has 7 heteroatoms. The van der Waals surface area contributed by atoms with Crippen molar-refractivity contribution in [3.8, 4) is 5.75 Å². The van der Waals surface area contributed by atoms with Gasteiger partial charge in [-0.05, 0) is 49.4 Å². The molecule has 2 unspecified atom stereocenters. The minimum absolute atomic E-state index is 0. The number of hydrogen-bond donors (Lipinski definition) is 2. The Kier molecular flexibility index (Phi) is 9.16. The molecule has 0 amide bonds. The average molecular weight is 552 g/mol. The second-order valence-electron chi connectivity index (χ2n) is 8.49. The molecular weight excluding hydrogens is 518 g/mol. The van der Waals surface area contributed by atoms with Gasteiger partial charge in [-0.25, -0.2) is 4.39 Å². The minimum Gasteiger partial charge on any atom is -0.494 e. The van der Waals surface area contributed by atoms with Crippen LogP contribution in [0.3, 0.4) is 0 Å². The summed E-state index contributed by atoms with van der Waals surface area (Å²) in [4.78, 5) is 7.05. The summed E-state index contributed by atoms with van der Waals surface area (Å²) < 4.78 is 19.0. The number of piperidine rings is 1. The minimum atomic E-state index is -0.295. The van der Waals surface area contributed by atoms with Gasteiger partial charge < -0.3 is 15.4 Å². The molecule has 2 aromatic carbocycles. The normalized spacial score (nSPS) is 21.5. The molecule has 1 heterocycles. The number of benzene rings is 2.